The fourth-order valence-electron chi connectivity index (χ4n) is 3.32. The second-order valence-electron chi connectivity index (χ2n) is 5.74. The molecule has 2 nitrogen and oxygen atoms in total. The van der Waals surface area contributed by atoms with Crippen LogP contribution in [0, 0.1) is 11.8 Å². The second-order valence-corrected chi connectivity index (χ2v) is 5.74. The molecule has 0 spiro atoms. The smallest absolute Gasteiger partial charge is 0.00220 e. The van der Waals surface area contributed by atoms with Crippen molar-refractivity contribution in [3.05, 3.63) is 0 Å². The summed E-state index contributed by atoms with van der Waals surface area (Å²) >= 11 is 0. The van der Waals surface area contributed by atoms with Crippen LogP contribution in [0.5, 0.6) is 0 Å². The van der Waals surface area contributed by atoms with Crippen LogP contribution in [0.4, 0.5) is 0 Å². The van der Waals surface area contributed by atoms with Crippen molar-refractivity contribution in [3.8, 4) is 0 Å². The van der Waals surface area contributed by atoms with Crippen molar-refractivity contribution in [1.82, 2.24) is 9.80 Å². The zero-order valence-corrected chi connectivity index (χ0v) is 15.1. The molecule has 2 aliphatic rings. The summed E-state index contributed by atoms with van der Waals surface area (Å²) in [6, 6.07) is 0. The van der Waals surface area contributed by atoms with E-state index in [1.54, 1.807) is 0 Å². The largest absolute Gasteiger partial charge is 0.303 e. The van der Waals surface area contributed by atoms with Gasteiger partial charge in [-0.15, -0.1) is 0 Å². The van der Waals surface area contributed by atoms with Crippen molar-refractivity contribution < 1.29 is 0 Å². The molecular weight excluding hydrogens is 244 g/mol. The van der Waals surface area contributed by atoms with Crippen molar-refractivity contribution in [3.63, 3.8) is 0 Å². The van der Waals surface area contributed by atoms with Gasteiger partial charge in [0.15, 0.2) is 0 Å². The van der Waals surface area contributed by atoms with Crippen LogP contribution < -0.4 is 0 Å². The van der Waals surface area contributed by atoms with Gasteiger partial charge < -0.3 is 9.80 Å². The minimum atomic E-state index is 1.03. The molecule has 2 heteroatoms. The fourth-order valence-corrected chi connectivity index (χ4v) is 3.32. The molecule has 0 aromatic rings. The highest BCUT2D eigenvalue weighted by molar-refractivity contribution is 4.83. The van der Waals surface area contributed by atoms with Crippen LogP contribution >= 0.6 is 0 Å². The van der Waals surface area contributed by atoms with Crippen molar-refractivity contribution in [1.29, 1.82) is 0 Å². The average Bonchev–Trinajstić information content (AvgIpc) is 2.48. The molecule has 2 saturated heterocycles. The molecular formula is C18H40N2. The molecule has 0 amide bonds. The Labute approximate surface area is 128 Å². The van der Waals surface area contributed by atoms with Crippen molar-refractivity contribution >= 4 is 0 Å². The monoisotopic (exact) mass is 284 g/mol. The van der Waals surface area contributed by atoms with E-state index in [1.165, 1.54) is 65.0 Å². The van der Waals surface area contributed by atoms with Gasteiger partial charge >= 0.3 is 0 Å². The van der Waals surface area contributed by atoms with Gasteiger partial charge in [0, 0.05) is 13.1 Å². The highest BCUT2D eigenvalue weighted by Crippen LogP contribution is 2.28. The first-order valence-corrected chi connectivity index (χ1v) is 9.26. The Balaban J connectivity index is 0.000000829. The zero-order chi connectivity index (χ0) is 15.4. The van der Waals surface area contributed by atoms with Crippen LogP contribution in [0.1, 0.15) is 67.2 Å². The summed E-state index contributed by atoms with van der Waals surface area (Å²) in [4.78, 5) is 5.21. The SMILES string of the molecule is CC.CC.CCCN1CCC(CC2CN(CC)C2)CC1. The first-order chi connectivity index (χ1) is 9.81. The van der Waals surface area contributed by atoms with Gasteiger partial charge in [0.2, 0.25) is 0 Å². The number of piperidine rings is 1. The third kappa shape index (κ3) is 7.08. The van der Waals surface area contributed by atoms with Crippen LogP contribution in [0.15, 0.2) is 0 Å². The van der Waals surface area contributed by atoms with E-state index in [-0.39, 0.29) is 0 Å². The van der Waals surface area contributed by atoms with Crippen LogP contribution in [0.25, 0.3) is 0 Å². The highest BCUT2D eigenvalue weighted by Gasteiger charge is 2.29. The summed E-state index contributed by atoms with van der Waals surface area (Å²) in [5.74, 6) is 2.07. The third-order valence-electron chi connectivity index (χ3n) is 4.39. The topological polar surface area (TPSA) is 6.48 Å². The lowest BCUT2D eigenvalue weighted by molar-refractivity contribution is 0.0721. The Kier molecular flexibility index (Phi) is 12.6. The molecule has 0 radical (unpaired) electrons. The van der Waals surface area contributed by atoms with Crippen LogP contribution in [-0.4, -0.2) is 49.1 Å². The molecule has 0 N–H and O–H groups in total. The van der Waals surface area contributed by atoms with Crippen LogP contribution in [0.2, 0.25) is 0 Å². The van der Waals surface area contributed by atoms with E-state index >= 15 is 0 Å². The molecule has 0 atom stereocenters. The minimum Gasteiger partial charge on any atom is -0.303 e. The molecule has 2 fully saturated rings. The molecule has 2 rings (SSSR count). The maximum absolute atomic E-state index is 2.65. The maximum atomic E-state index is 2.65. The van der Waals surface area contributed by atoms with Crippen molar-refractivity contribution in [2.75, 3.05) is 39.3 Å². The van der Waals surface area contributed by atoms with Crippen molar-refractivity contribution in [2.24, 2.45) is 11.8 Å². The highest BCUT2D eigenvalue weighted by atomic mass is 15.2. The second kappa shape index (κ2) is 12.6. The lowest BCUT2D eigenvalue weighted by Gasteiger charge is -2.42. The number of likely N-dealkylation sites (tertiary alicyclic amines) is 2. The molecule has 122 valence electrons. The average molecular weight is 285 g/mol. The van der Waals surface area contributed by atoms with Gasteiger partial charge in [-0.05, 0) is 63.7 Å². The molecule has 0 unspecified atom stereocenters. The Morgan fingerprint density at radius 1 is 0.800 bits per heavy atom. The fraction of sp³-hybridized carbons (Fsp3) is 1.00. The maximum Gasteiger partial charge on any atom is 0.00220 e. The number of rotatable bonds is 5. The molecule has 20 heavy (non-hydrogen) atoms. The lowest BCUT2D eigenvalue weighted by Crippen LogP contribution is -2.47. The van der Waals surface area contributed by atoms with Crippen LogP contribution in [0.3, 0.4) is 0 Å². The van der Waals surface area contributed by atoms with Gasteiger partial charge in [-0.25, -0.2) is 0 Å². The Morgan fingerprint density at radius 3 is 1.80 bits per heavy atom. The Morgan fingerprint density at radius 2 is 1.35 bits per heavy atom. The molecule has 0 aromatic heterocycles. The van der Waals surface area contributed by atoms with Crippen LogP contribution in [-0.2, 0) is 0 Å². The summed E-state index contributed by atoms with van der Waals surface area (Å²) in [6.07, 6.45) is 5.75. The summed E-state index contributed by atoms with van der Waals surface area (Å²) in [6.45, 7) is 20.6. The molecule has 0 saturated carbocycles. The summed E-state index contributed by atoms with van der Waals surface area (Å²) in [5, 5.41) is 0. The van der Waals surface area contributed by atoms with E-state index in [4.69, 9.17) is 0 Å². The third-order valence-corrected chi connectivity index (χ3v) is 4.39. The lowest BCUT2D eigenvalue weighted by atomic mass is 9.83. The normalized spacial score (nSPS) is 21.3. The van der Waals surface area contributed by atoms with E-state index in [0.29, 0.717) is 0 Å². The Bertz CT molecular complexity index is 192. The van der Waals surface area contributed by atoms with Gasteiger partial charge in [-0.2, -0.15) is 0 Å². The van der Waals surface area contributed by atoms with E-state index in [9.17, 15) is 0 Å². The number of hydrogen-bond donors (Lipinski definition) is 0. The number of hydrogen-bond acceptors (Lipinski definition) is 2. The van der Waals surface area contributed by atoms with Gasteiger partial charge in [0.1, 0.15) is 0 Å². The Hall–Kier alpha value is -0.0800. The van der Waals surface area contributed by atoms with E-state index in [0.717, 1.165) is 11.8 Å². The standard InChI is InChI=1S/C14H28N2.2C2H6/c1-3-7-16-8-5-13(6-9-16)10-14-11-15(4-2)12-14;2*1-2/h13-14H,3-12H2,1-2H3;2*1-2H3. The van der Waals surface area contributed by atoms with E-state index in [1.807, 2.05) is 27.7 Å². The predicted octanol–water partition coefficient (Wildman–Crippen LogP) is 4.50. The molecule has 0 bridgehead atoms. The van der Waals surface area contributed by atoms with E-state index < -0.39 is 0 Å². The van der Waals surface area contributed by atoms with E-state index in [2.05, 4.69) is 23.6 Å². The van der Waals surface area contributed by atoms with Crippen molar-refractivity contribution in [2.45, 2.75) is 67.2 Å². The molecule has 0 aliphatic carbocycles. The molecule has 0 aromatic carbocycles. The first kappa shape index (κ1) is 19.9. The quantitative estimate of drug-likeness (QED) is 0.733. The molecule has 2 aliphatic heterocycles. The summed E-state index contributed by atoms with van der Waals surface area (Å²) < 4.78 is 0. The van der Waals surface area contributed by atoms with Gasteiger partial charge in [0.25, 0.3) is 0 Å². The first-order valence-electron chi connectivity index (χ1n) is 9.26. The zero-order valence-electron chi connectivity index (χ0n) is 15.1. The molecule has 2 heterocycles. The minimum absolute atomic E-state index is 1.03. The van der Waals surface area contributed by atoms with Gasteiger partial charge in [-0.3, -0.25) is 0 Å². The predicted molar refractivity (Wildman–Crippen MR) is 92.4 cm³/mol. The summed E-state index contributed by atoms with van der Waals surface area (Å²) in [5.41, 5.74) is 0. The number of nitrogens with zero attached hydrogens (tertiary/aromatic N) is 2. The van der Waals surface area contributed by atoms with Gasteiger partial charge in [0.05, 0.1) is 0 Å². The summed E-state index contributed by atoms with van der Waals surface area (Å²) in [7, 11) is 0. The van der Waals surface area contributed by atoms with Gasteiger partial charge in [-0.1, -0.05) is 41.5 Å².